The van der Waals surface area contributed by atoms with E-state index in [1.165, 1.54) is 12.8 Å². The molecule has 0 aromatic carbocycles. The van der Waals surface area contributed by atoms with Crippen LogP contribution in [0.15, 0.2) is 0 Å². The van der Waals surface area contributed by atoms with E-state index in [2.05, 4.69) is 45.7 Å². The van der Waals surface area contributed by atoms with Gasteiger partial charge in [0.2, 0.25) is 0 Å². The molecule has 30 heteroatoms. The van der Waals surface area contributed by atoms with Gasteiger partial charge in [0.1, 0.15) is 36.3 Å². The van der Waals surface area contributed by atoms with Gasteiger partial charge in [-0.05, 0) is 253 Å². The molecule has 646 valence electrons. The molecule has 0 heterocycles. The van der Waals surface area contributed by atoms with Gasteiger partial charge >= 0.3 is 71.6 Å². The minimum atomic E-state index is -0.757. The normalized spacial score (nSPS) is 22.6. The molecule has 4 aliphatic carbocycles. The Balaban J connectivity index is 0.000000575. The third-order valence-corrected chi connectivity index (χ3v) is 20.7. The van der Waals surface area contributed by atoms with Gasteiger partial charge in [-0.1, -0.05) is 20.8 Å². The van der Waals surface area contributed by atoms with E-state index >= 15 is 0 Å². The number of esters is 12. The third-order valence-electron chi connectivity index (χ3n) is 20.7. The first kappa shape index (κ1) is 101. The maximum absolute atomic E-state index is 12.5. The molecule has 0 aromatic rings. The number of hydrogen-bond acceptors (Lipinski definition) is 30. The molecule has 0 aromatic heterocycles. The summed E-state index contributed by atoms with van der Waals surface area (Å²) in [6, 6.07) is -3.57. The van der Waals surface area contributed by atoms with Crippen molar-refractivity contribution in [3.05, 3.63) is 0 Å². The van der Waals surface area contributed by atoms with Crippen LogP contribution in [0.3, 0.4) is 0 Å². The minimum Gasteiger partial charge on any atom is -0.466 e. The lowest BCUT2D eigenvalue weighted by Gasteiger charge is -2.40. The van der Waals surface area contributed by atoms with Crippen molar-refractivity contribution in [3.8, 4) is 0 Å². The van der Waals surface area contributed by atoms with Crippen LogP contribution in [0.25, 0.3) is 0 Å². The molecule has 0 spiro atoms. The van der Waals surface area contributed by atoms with Crippen molar-refractivity contribution in [2.45, 2.75) is 318 Å². The Kier molecular flexibility index (Phi) is 54.4. The molecule has 13 unspecified atom stereocenters. The molecule has 0 amide bonds. The second kappa shape index (κ2) is 60.0. The summed E-state index contributed by atoms with van der Waals surface area (Å²) >= 11 is 0. The monoisotopic (exact) mass is 1600 g/mol. The Hall–Kier alpha value is -6.60. The summed E-state index contributed by atoms with van der Waals surface area (Å²) in [7, 11) is 0. The molecule has 13 atom stereocenters. The van der Waals surface area contributed by atoms with E-state index in [1.54, 1.807) is 83.1 Å². The van der Waals surface area contributed by atoms with Crippen LogP contribution in [0.4, 0.5) is 0 Å². The topological polar surface area (TPSA) is 388 Å². The molecule has 0 aliphatic heterocycles. The molecular weight excluding hydrogens is 1450 g/mol. The highest BCUT2D eigenvalue weighted by atomic mass is 16.6. The van der Waals surface area contributed by atoms with E-state index in [0.29, 0.717) is 48.6 Å². The molecule has 30 nitrogen and oxygen atoms in total. The van der Waals surface area contributed by atoms with E-state index in [1.807, 2.05) is 6.92 Å². The van der Waals surface area contributed by atoms with Crippen LogP contribution in [0.5, 0.6) is 0 Å². The lowest BCUT2D eigenvalue weighted by atomic mass is 9.70. The molecule has 112 heavy (non-hydrogen) atoms. The number of carbonyl (C=O) groups is 12. The Bertz CT molecular complexity index is 2600. The second-order valence-corrected chi connectivity index (χ2v) is 29.6. The third kappa shape index (κ3) is 42.7. The lowest BCUT2D eigenvalue weighted by molar-refractivity contribution is -0.152. The van der Waals surface area contributed by atoms with Gasteiger partial charge in [-0.2, -0.15) is 0 Å². The zero-order valence-electron chi connectivity index (χ0n) is 70.5. The van der Waals surface area contributed by atoms with Crippen molar-refractivity contribution in [2.24, 2.45) is 41.4 Å². The van der Waals surface area contributed by atoms with Crippen LogP contribution in [0, 0.1) is 41.4 Å². The van der Waals surface area contributed by atoms with Crippen LogP contribution in [-0.2, 0) is 114 Å². The number of hydrogen-bond donors (Lipinski definition) is 6. The average Bonchev–Trinajstić information content (AvgIpc) is 0.811. The van der Waals surface area contributed by atoms with E-state index in [-0.39, 0.29) is 148 Å². The number of nitrogens with one attached hydrogen (secondary N) is 6. The highest BCUT2D eigenvalue weighted by Gasteiger charge is 2.39. The van der Waals surface area contributed by atoms with Crippen LogP contribution in [0.2, 0.25) is 0 Å². The largest absolute Gasteiger partial charge is 0.466 e. The molecule has 0 radical (unpaired) electrons. The predicted octanol–water partition coefficient (Wildman–Crippen LogP) is 8.73. The minimum absolute atomic E-state index is 0.0132. The summed E-state index contributed by atoms with van der Waals surface area (Å²) in [6.45, 7) is 31.6. The fraction of sp³-hybridized carbons (Fsp3) is 0.854. The SMILES string of the molecule is CCOC(=O)CC(NC1CCC(CC2CCC(NC(CC(=O)OCC)C(=O)OCC)C(C)C2)CC1C)C(=O)OCC.CCOC(=O)CC(NC1CCC(CC2CCC(NC(CC(=O)OCC)C(=O)OCC)CC2)CC1)C(=O)OCC.CCOC(=O)CC(NCCCC(C)CNC(CC(=O)OCC)C(=O)OCC)C(=O)OCC. The van der Waals surface area contributed by atoms with E-state index in [0.717, 1.165) is 103 Å². The zero-order chi connectivity index (χ0) is 83.3. The maximum Gasteiger partial charge on any atom is 0.323 e. The van der Waals surface area contributed by atoms with Gasteiger partial charge in [0.05, 0.1) is 118 Å². The summed E-state index contributed by atoms with van der Waals surface area (Å²) < 4.78 is 60.9. The van der Waals surface area contributed by atoms with Crippen LogP contribution < -0.4 is 31.9 Å². The van der Waals surface area contributed by atoms with Gasteiger partial charge < -0.3 is 88.7 Å². The van der Waals surface area contributed by atoms with Crippen molar-refractivity contribution in [1.82, 2.24) is 31.9 Å². The van der Waals surface area contributed by atoms with Crippen molar-refractivity contribution in [3.63, 3.8) is 0 Å². The average molecular weight is 1600 g/mol. The predicted molar refractivity (Wildman–Crippen MR) is 418 cm³/mol. The smallest absolute Gasteiger partial charge is 0.323 e. The molecule has 0 bridgehead atoms. The summed E-state index contributed by atoms with van der Waals surface area (Å²) in [6.07, 6.45) is 18.1. The first-order valence-corrected chi connectivity index (χ1v) is 42.1. The summed E-state index contributed by atoms with van der Waals surface area (Å²) in [5.74, 6) is -1.57. The number of ether oxygens (including phenoxy) is 12. The molecule has 4 fully saturated rings. The van der Waals surface area contributed by atoms with Gasteiger partial charge in [0.15, 0.2) is 0 Å². The van der Waals surface area contributed by atoms with Crippen LogP contribution >= 0.6 is 0 Å². The fourth-order valence-corrected chi connectivity index (χ4v) is 15.4. The second-order valence-electron chi connectivity index (χ2n) is 29.6. The zero-order valence-corrected chi connectivity index (χ0v) is 70.5. The highest BCUT2D eigenvalue weighted by Crippen LogP contribution is 2.40. The molecular formula is C82H144N6O24. The van der Waals surface area contributed by atoms with Crippen molar-refractivity contribution in [1.29, 1.82) is 0 Å². The van der Waals surface area contributed by atoms with Crippen molar-refractivity contribution < 1.29 is 114 Å². The van der Waals surface area contributed by atoms with Crippen molar-refractivity contribution in [2.75, 3.05) is 92.4 Å². The highest BCUT2D eigenvalue weighted by molar-refractivity contribution is 5.86. The Morgan fingerprint density at radius 3 is 0.812 bits per heavy atom. The van der Waals surface area contributed by atoms with Gasteiger partial charge in [0, 0.05) is 24.2 Å². The Morgan fingerprint density at radius 1 is 0.295 bits per heavy atom. The van der Waals surface area contributed by atoms with E-state index in [4.69, 9.17) is 56.8 Å². The van der Waals surface area contributed by atoms with Gasteiger partial charge in [-0.15, -0.1) is 0 Å². The van der Waals surface area contributed by atoms with Crippen molar-refractivity contribution >= 4 is 71.6 Å². The maximum atomic E-state index is 12.5. The first-order chi connectivity index (χ1) is 53.7. The van der Waals surface area contributed by atoms with Gasteiger partial charge in [0.25, 0.3) is 0 Å². The number of carbonyl (C=O) groups excluding carboxylic acids is 12. The van der Waals surface area contributed by atoms with Gasteiger partial charge in [-0.3, -0.25) is 57.5 Å². The molecule has 4 aliphatic rings. The molecule has 0 saturated heterocycles. The number of rotatable bonds is 50. The van der Waals surface area contributed by atoms with E-state index < -0.39 is 108 Å². The molecule has 4 rings (SSSR count). The standard InChI is InChI=1S/C31H54N2O8.C29H50N2O8.C22H40N2O8/c1-7-38-28(34)18-26(30(36)40-9-3)32-24-13-11-22(15-20(24)5)17-23-12-14-25(21(6)16-23)33-27(31(37)41-10-4)19-29(35)39-8-2;1-5-36-26(32)18-24(28(34)38-7-3)30-22-13-9-20(10-14-22)17-21-11-15-23(16-12-21)31-25(29(35)39-8-4)19-27(33)37-6-2;1-6-29-19(25)13-17(21(27)31-8-3)23-12-10-11-16(5)15-24-18(22(28)32-9-4)14-20(26)30-7-2/h20-27,32-33H,7-19H2,1-6H3;20-25,30-31H,5-19H2,1-4H3;16-18,23-24H,6-15H2,1-5H3. The Morgan fingerprint density at radius 2 is 0.536 bits per heavy atom. The Labute approximate surface area is 667 Å². The summed E-state index contributed by atoms with van der Waals surface area (Å²) in [4.78, 5) is 146. The van der Waals surface area contributed by atoms with Gasteiger partial charge in [-0.25, -0.2) is 0 Å². The lowest BCUT2D eigenvalue weighted by Crippen LogP contribution is -2.50. The molecule has 4 saturated carbocycles. The molecule has 6 N–H and O–H groups in total. The fourth-order valence-electron chi connectivity index (χ4n) is 15.4. The first-order valence-electron chi connectivity index (χ1n) is 42.1. The summed E-state index contributed by atoms with van der Waals surface area (Å²) in [5, 5.41) is 19.7. The quantitative estimate of drug-likeness (QED) is 0.0188. The summed E-state index contributed by atoms with van der Waals surface area (Å²) in [5.41, 5.74) is 0. The van der Waals surface area contributed by atoms with Crippen LogP contribution in [-0.4, -0.2) is 224 Å². The van der Waals surface area contributed by atoms with Crippen LogP contribution in [0.1, 0.15) is 258 Å². The van der Waals surface area contributed by atoms with E-state index in [9.17, 15) is 57.5 Å².